The predicted molar refractivity (Wildman–Crippen MR) is 136 cm³/mol. The van der Waals surface area contributed by atoms with E-state index in [1.807, 2.05) is 31.2 Å². The fraction of sp³-hybridized carbons (Fsp3) is 0.643. The minimum Gasteiger partial charge on any atom is -0.486 e. The minimum atomic E-state index is -0.987. The molecule has 1 aromatic rings. The first-order valence-corrected chi connectivity index (χ1v) is 13.5. The molecular weight excluding hydrogens is 460 g/mol. The Labute approximate surface area is 213 Å². The van der Waals surface area contributed by atoms with Gasteiger partial charge in [-0.25, -0.2) is 0 Å². The zero-order valence-electron chi connectivity index (χ0n) is 21.2. The van der Waals surface area contributed by atoms with Crippen LogP contribution in [0.25, 0.3) is 0 Å². The number of carbonyl (C=O) groups is 2. The van der Waals surface area contributed by atoms with E-state index in [4.69, 9.17) is 9.47 Å². The number of carbonyl (C=O) groups excluding carboxylic acids is 2. The molecule has 1 heterocycles. The van der Waals surface area contributed by atoms with Gasteiger partial charge < -0.3 is 29.9 Å². The molecule has 3 aliphatic rings. The summed E-state index contributed by atoms with van der Waals surface area (Å²) in [5, 5.41) is 23.5. The van der Waals surface area contributed by atoms with E-state index in [0.717, 1.165) is 12.0 Å². The molecule has 1 aliphatic heterocycles. The smallest absolute Gasteiger partial charge is 0.247 e. The van der Waals surface area contributed by atoms with Crippen molar-refractivity contribution in [2.24, 2.45) is 5.92 Å². The highest BCUT2D eigenvalue weighted by Gasteiger charge is 2.50. The quantitative estimate of drug-likeness (QED) is 0.381. The molecular formula is C28H40N2O6. The van der Waals surface area contributed by atoms with E-state index in [1.165, 1.54) is 25.7 Å². The van der Waals surface area contributed by atoms with Crippen LogP contribution in [0.15, 0.2) is 35.9 Å². The first-order chi connectivity index (χ1) is 17.5. The van der Waals surface area contributed by atoms with Crippen molar-refractivity contribution >= 4 is 11.8 Å². The summed E-state index contributed by atoms with van der Waals surface area (Å²) in [6.45, 7) is 3.44. The molecule has 0 bridgehead atoms. The molecule has 0 saturated heterocycles. The summed E-state index contributed by atoms with van der Waals surface area (Å²) in [7, 11) is 0. The Kier molecular flexibility index (Phi) is 9.40. The zero-order valence-corrected chi connectivity index (χ0v) is 21.2. The number of hydrogen-bond donors (Lipinski definition) is 3. The van der Waals surface area contributed by atoms with Crippen LogP contribution in [-0.4, -0.2) is 78.1 Å². The van der Waals surface area contributed by atoms with Gasteiger partial charge in [0.15, 0.2) is 0 Å². The summed E-state index contributed by atoms with van der Waals surface area (Å²) in [4.78, 5) is 28.5. The maximum absolute atomic E-state index is 13.5. The van der Waals surface area contributed by atoms with Crippen LogP contribution in [0.2, 0.25) is 0 Å². The number of rotatable bonds is 12. The van der Waals surface area contributed by atoms with Crippen molar-refractivity contribution in [3.63, 3.8) is 0 Å². The van der Waals surface area contributed by atoms with Crippen LogP contribution in [0.5, 0.6) is 5.75 Å². The molecule has 2 aliphatic carbocycles. The summed E-state index contributed by atoms with van der Waals surface area (Å²) in [6.07, 6.45) is 6.82. The van der Waals surface area contributed by atoms with Crippen molar-refractivity contribution in [2.75, 3.05) is 32.9 Å². The van der Waals surface area contributed by atoms with Gasteiger partial charge in [0.2, 0.25) is 11.8 Å². The lowest BCUT2D eigenvalue weighted by molar-refractivity contribution is -0.137. The van der Waals surface area contributed by atoms with E-state index in [1.54, 1.807) is 11.0 Å². The largest absolute Gasteiger partial charge is 0.486 e. The van der Waals surface area contributed by atoms with Gasteiger partial charge in [-0.05, 0) is 37.8 Å². The number of para-hydroxylation sites is 1. The van der Waals surface area contributed by atoms with E-state index in [0.29, 0.717) is 49.8 Å². The number of amides is 2. The van der Waals surface area contributed by atoms with E-state index >= 15 is 0 Å². The van der Waals surface area contributed by atoms with Crippen molar-refractivity contribution < 1.29 is 29.3 Å². The summed E-state index contributed by atoms with van der Waals surface area (Å²) in [5.74, 6) is 0.461. The SMILES string of the molecule is CCOCCCN(C(=O)CCC1CCCC1)C1C=C(C(=O)NCCO)C2c3ccccc3OC2C1O. The molecule has 0 spiro atoms. The topological polar surface area (TPSA) is 108 Å². The highest BCUT2D eigenvalue weighted by molar-refractivity contribution is 5.96. The Morgan fingerprint density at radius 3 is 2.75 bits per heavy atom. The summed E-state index contributed by atoms with van der Waals surface area (Å²) >= 11 is 0. The van der Waals surface area contributed by atoms with Crippen LogP contribution in [0, 0.1) is 5.92 Å². The maximum Gasteiger partial charge on any atom is 0.247 e. The Balaban J connectivity index is 1.61. The third-order valence-corrected chi connectivity index (χ3v) is 7.69. The zero-order chi connectivity index (χ0) is 25.5. The monoisotopic (exact) mass is 500 g/mol. The molecule has 1 aromatic carbocycles. The second-order valence-electron chi connectivity index (χ2n) is 10.0. The van der Waals surface area contributed by atoms with Gasteiger partial charge in [0.1, 0.15) is 18.0 Å². The standard InChI is InChI=1S/C28H40N2O6/c1-2-35-17-7-15-30(24(32)13-12-19-8-3-4-9-19)22-18-21(28(34)29-14-16-31)25-20-10-5-6-11-23(20)36-27(25)26(22)33/h5-6,10-11,18-19,22,25-27,31,33H,2-4,7-9,12-17H2,1H3,(H,29,34). The third-order valence-electron chi connectivity index (χ3n) is 7.69. The average Bonchev–Trinajstić information content (AvgIpc) is 3.55. The first kappa shape index (κ1) is 26.6. The van der Waals surface area contributed by atoms with Crippen LogP contribution in [0.4, 0.5) is 0 Å². The van der Waals surface area contributed by atoms with Crippen LogP contribution in [-0.2, 0) is 14.3 Å². The van der Waals surface area contributed by atoms with E-state index in [2.05, 4.69) is 5.32 Å². The lowest BCUT2D eigenvalue weighted by Gasteiger charge is -2.41. The third kappa shape index (κ3) is 5.93. The van der Waals surface area contributed by atoms with Crippen molar-refractivity contribution in [1.29, 1.82) is 0 Å². The molecule has 0 radical (unpaired) electrons. The molecule has 1 saturated carbocycles. The number of hydrogen-bond acceptors (Lipinski definition) is 6. The van der Waals surface area contributed by atoms with E-state index in [9.17, 15) is 19.8 Å². The lowest BCUT2D eigenvalue weighted by atomic mass is 9.77. The number of nitrogens with zero attached hydrogens (tertiary/aromatic N) is 1. The molecule has 4 rings (SSSR count). The second-order valence-corrected chi connectivity index (χ2v) is 10.0. The second kappa shape index (κ2) is 12.7. The first-order valence-electron chi connectivity index (χ1n) is 13.5. The Hall–Kier alpha value is -2.42. The van der Waals surface area contributed by atoms with E-state index < -0.39 is 24.2 Å². The van der Waals surface area contributed by atoms with Crippen molar-refractivity contribution in [3.05, 3.63) is 41.5 Å². The van der Waals surface area contributed by atoms with Gasteiger partial charge in [-0.15, -0.1) is 0 Å². The number of ether oxygens (including phenoxy) is 2. The number of fused-ring (bicyclic) bond motifs is 3. The Morgan fingerprint density at radius 1 is 1.22 bits per heavy atom. The highest BCUT2D eigenvalue weighted by atomic mass is 16.5. The van der Waals surface area contributed by atoms with Crippen LogP contribution < -0.4 is 10.1 Å². The Morgan fingerprint density at radius 2 is 2.00 bits per heavy atom. The molecule has 4 atom stereocenters. The molecule has 8 heteroatoms. The number of nitrogens with one attached hydrogen (secondary N) is 1. The Bertz CT molecular complexity index is 928. The maximum atomic E-state index is 13.5. The van der Waals surface area contributed by atoms with E-state index in [-0.39, 0.29) is 25.0 Å². The van der Waals surface area contributed by atoms with Gasteiger partial charge in [-0.2, -0.15) is 0 Å². The van der Waals surface area contributed by atoms with Gasteiger partial charge >= 0.3 is 0 Å². The normalized spacial score (nSPS) is 25.0. The van der Waals surface area contributed by atoms with Gasteiger partial charge in [0, 0.05) is 43.9 Å². The van der Waals surface area contributed by atoms with Gasteiger partial charge in [0.25, 0.3) is 0 Å². The molecule has 0 aromatic heterocycles. The number of benzene rings is 1. The summed E-state index contributed by atoms with van der Waals surface area (Å²) in [5.41, 5.74) is 1.31. The van der Waals surface area contributed by atoms with Crippen molar-refractivity contribution in [2.45, 2.75) is 76.0 Å². The van der Waals surface area contributed by atoms with Crippen molar-refractivity contribution in [3.8, 4) is 5.75 Å². The molecule has 4 unspecified atom stereocenters. The van der Waals surface area contributed by atoms with Crippen LogP contribution >= 0.6 is 0 Å². The number of aliphatic hydroxyl groups is 2. The predicted octanol–water partition coefficient (Wildman–Crippen LogP) is 2.53. The lowest BCUT2D eigenvalue weighted by Crippen LogP contribution is -2.56. The van der Waals surface area contributed by atoms with Gasteiger partial charge in [0.05, 0.1) is 18.6 Å². The molecule has 198 valence electrons. The average molecular weight is 501 g/mol. The van der Waals surface area contributed by atoms with Gasteiger partial charge in [-0.3, -0.25) is 9.59 Å². The molecule has 1 fully saturated rings. The molecule has 2 amide bonds. The fourth-order valence-electron chi connectivity index (χ4n) is 5.88. The van der Waals surface area contributed by atoms with Crippen LogP contribution in [0.1, 0.15) is 63.4 Å². The summed E-state index contributed by atoms with van der Waals surface area (Å²) < 4.78 is 11.7. The van der Waals surface area contributed by atoms with Crippen LogP contribution in [0.3, 0.4) is 0 Å². The summed E-state index contributed by atoms with van der Waals surface area (Å²) in [6, 6.07) is 6.81. The molecule has 8 nitrogen and oxygen atoms in total. The minimum absolute atomic E-state index is 0.0113. The molecule has 36 heavy (non-hydrogen) atoms. The number of aliphatic hydroxyl groups excluding tert-OH is 2. The molecule has 3 N–H and O–H groups in total. The van der Waals surface area contributed by atoms with Gasteiger partial charge in [-0.1, -0.05) is 43.9 Å². The highest BCUT2D eigenvalue weighted by Crippen LogP contribution is 2.47. The van der Waals surface area contributed by atoms with Crippen molar-refractivity contribution in [1.82, 2.24) is 10.2 Å². The fourth-order valence-corrected chi connectivity index (χ4v) is 5.88.